The van der Waals surface area contributed by atoms with Crippen molar-refractivity contribution in [3.05, 3.63) is 29.8 Å². The number of benzene rings is 1. The molecular formula is C19H24N2O3. The Labute approximate surface area is 142 Å². The molecule has 0 aromatic heterocycles. The second-order valence-corrected chi connectivity index (χ2v) is 7.18. The Morgan fingerprint density at radius 2 is 2.00 bits per heavy atom. The first kappa shape index (κ1) is 15.5. The summed E-state index contributed by atoms with van der Waals surface area (Å²) in [7, 11) is 0. The van der Waals surface area contributed by atoms with E-state index in [4.69, 9.17) is 4.74 Å². The number of imide groups is 1. The number of carbonyl (C=O) groups excluding carboxylic acids is 2. The summed E-state index contributed by atoms with van der Waals surface area (Å²) < 4.78 is 5.66. The van der Waals surface area contributed by atoms with Crippen LogP contribution in [0.5, 0.6) is 5.75 Å². The Morgan fingerprint density at radius 3 is 2.83 bits per heavy atom. The number of hydrogen-bond acceptors (Lipinski definition) is 3. The Hall–Kier alpha value is -2.04. The molecule has 3 amide bonds. The Kier molecular flexibility index (Phi) is 3.94. The van der Waals surface area contributed by atoms with E-state index in [0.29, 0.717) is 25.3 Å². The topological polar surface area (TPSA) is 58.6 Å². The number of para-hydroxylation sites is 1. The van der Waals surface area contributed by atoms with E-state index in [1.807, 2.05) is 24.3 Å². The van der Waals surface area contributed by atoms with Gasteiger partial charge in [0, 0.05) is 18.5 Å². The first-order chi connectivity index (χ1) is 11.7. The molecule has 1 saturated carbocycles. The molecule has 2 aliphatic heterocycles. The van der Waals surface area contributed by atoms with Crippen LogP contribution in [0.4, 0.5) is 4.79 Å². The lowest BCUT2D eigenvalue weighted by Crippen LogP contribution is -2.47. The molecule has 5 nitrogen and oxygen atoms in total. The van der Waals surface area contributed by atoms with Crippen LogP contribution in [0.1, 0.15) is 50.5 Å². The van der Waals surface area contributed by atoms with Crippen LogP contribution in [0, 0.1) is 5.92 Å². The average Bonchev–Trinajstić information content (AvgIpc) is 3.18. The lowest BCUT2D eigenvalue weighted by Gasteiger charge is -2.33. The summed E-state index contributed by atoms with van der Waals surface area (Å²) in [5.74, 6) is 1.36. The Morgan fingerprint density at radius 1 is 1.21 bits per heavy atom. The zero-order valence-corrected chi connectivity index (χ0v) is 13.9. The summed E-state index contributed by atoms with van der Waals surface area (Å²) in [5, 5.41) is 2.96. The molecule has 1 spiro atoms. The minimum absolute atomic E-state index is 0.116. The molecule has 1 aliphatic carbocycles. The van der Waals surface area contributed by atoms with E-state index in [9.17, 15) is 9.59 Å². The lowest BCUT2D eigenvalue weighted by molar-refractivity contribution is -0.132. The number of hydrogen-bond donors (Lipinski definition) is 1. The molecule has 2 heterocycles. The summed E-state index contributed by atoms with van der Waals surface area (Å²) in [4.78, 5) is 26.9. The van der Waals surface area contributed by atoms with Crippen LogP contribution in [0.15, 0.2) is 24.3 Å². The van der Waals surface area contributed by atoms with Gasteiger partial charge in [0.05, 0.1) is 6.61 Å². The van der Waals surface area contributed by atoms with Crippen molar-refractivity contribution in [3.8, 4) is 5.75 Å². The van der Waals surface area contributed by atoms with Gasteiger partial charge in [-0.1, -0.05) is 43.9 Å². The molecule has 1 saturated heterocycles. The van der Waals surface area contributed by atoms with Gasteiger partial charge in [0.15, 0.2) is 5.54 Å². The molecule has 0 unspecified atom stereocenters. The number of rotatable bonds is 4. The Bertz CT molecular complexity index is 654. The van der Waals surface area contributed by atoms with Crippen LogP contribution in [-0.4, -0.2) is 30.0 Å². The first-order valence-corrected chi connectivity index (χ1v) is 9.07. The molecule has 5 heteroatoms. The maximum absolute atomic E-state index is 13.1. The van der Waals surface area contributed by atoms with Crippen LogP contribution in [0.2, 0.25) is 0 Å². The van der Waals surface area contributed by atoms with E-state index in [1.165, 1.54) is 30.6 Å². The zero-order valence-electron chi connectivity index (χ0n) is 13.9. The second kappa shape index (κ2) is 6.11. The highest BCUT2D eigenvalue weighted by Crippen LogP contribution is 2.41. The van der Waals surface area contributed by atoms with Gasteiger partial charge in [-0.25, -0.2) is 4.79 Å². The predicted molar refractivity (Wildman–Crippen MR) is 89.7 cm³/mol. The van der Waals surface area contributed by atoms with E-state index >= 15 is 0 Å². The Balaban J connectivity index is 1.49. The number of nitrogens with one attached hydrogen (secondary N) is 1. The molecule has 0 bridgehead atoms. The van der Waals surface area contributed by atoms with Crippen molar-refractivity contribution >= 4 is 11.9 Å². The van der Waals surface area contributed by atoms with E-state index in [1.54, 1.807) is 0 Å². The monoisotopic (exact) mass is 328 g/mol. The first-order valence-electron chi connectivity index (χ1n) is 9.07. The van der Waals surface area contributed by atoms with Crippen molar-refractivity contribution in [2.45, 2.75) is 50.5 Å². The number of amides is 3. The summed E-state index contributed by atoms with van der Waals surface area (Å²) >= 11 is 0. The summed E-state index contributed by atoms with van der Waals surface area (Å²) in [5.41, 5.74) is -0.146. The fourth-order valence-corrected chi connectivity index (χ4v) is 4.41. The summed E-state index contributed by atoms with van der Waals surface area (Å²) in [6.45, 7) is 0.963. The van der Waals surface area contributed by atoms with E-state index in [-0.39, 0.29) is 11.9 Å². The van der Waals surface area contributed by atoms with Crippen molar-refractivity contribution < 1.29 is 14.3 Å². The van der Waals surface area contributed by atoms with Crippen LogP contribution < -0.4 is 10.1 Å². The van der Waals surface area contributed by atoms with Gasteiger partial charge in [-0.05, 0) is 24.8 Å². The smallest absolute Gasteiger partial charge is 0.325 e. The maximum Gasteiger partial charge on any atom is 0.325 e. The molecule has 3 aliphatic rings. The van der Waals surface area contributed by atoms with Gasteiger partial charge in [-0.3, -0.25) is 9.69 Å². The minimum Gasteiger partial charge on any atom is -0.493 e. The third kappa shape index (κ3) is 2.46. The molecular weight excluding hydrogens is 304 g/mol. The van der Waals surface area contributed by atoms with E-state index in [0.717, 1.165) is 24.3 Å². The third-order valence-electron chi connectivity index (χ3n) is 5.73. The standard InChI is InChI=1S/C19H24N2O3/c22-17-19(11-13-24-16-10-4-3-9-15(16)19)20-18(23)21(17)12-5-8-14-6-1-2-7-14/h3-4,9-10,14H,1-2,5-8,11-13H2,(H,20,23)/t19-/m0/s1. The fraction of sp³-hybridized carbons (Fsp3) is 0.579. The van der Waals surface area contributed by atoms with Crippen molar-refractivity contribution in [1.82, 2.24) is 10.2 Å². The van der Waals surface area contributed by atoms with E-state index in [2.05, 4.69) is 5.32 Å². The van der Waals surface area contributed by atoms with Crippen LogP contribution in [0.3, 0.4) is 0 Å². The largest absolute Gasteiger partial charge is 0.493 e. The number of carbonyl (C=O) groups is 2. The number of urea groups is 1. The molecule has 24 heavy (non-hydrogen) atoms. The number of ether oxygens (including phenoxy) is 1. The van der Waals surface area contributed by atoms with Gasteiger partial charge in [0.1, 0.15) is 5.75 Å². The minimum atomic E-state index is -0.931. The van der Waals surface area contributed by atoms with Gasteiger partial charge < -0.3 is 10.1 Å². The predicted octanol–water partition coefficient (Wildman–Crippen LogP) is 3.19. The molecule has 2 fully saturated rings. The van der Waals surface area contributed by atoms with Crippen molar-refractivity contribution in [2.24, 2.45) is 5.92 Å². The number of nitrogens with zero attached hydrogens (tertiary/aromatic N) is 1. The van der Waals surface area contributed by atoms with Gasteiger partial charge >= 0.3 is 6.03 Å². The molecule has 0 radical (unpaired) electrons. The fourth-order valence-electron chi connectivity index (χ4n) is 4.41. The maximum atomic E-state index is 13.1. The summed E-state index contributed by atoms with van der Waals surface area (Å²) in [6.07, 6.45) is 7.76. The van der Waals surface area contributed by atoms with Gasteiger partial charge in [-0.2, -0.15) is 0 Å². The van der Waals surface area contributed by atoms with Crippen molar-refractivity contribution in [2.75, 3.05) is 13.2 Å². The lowest BCUT2D eigenvalue weighted by atomic mass is 9.84. The highest BCUT2D eigenvalue weighted by molar-refractivity contribution is 6.07. The molecule has 128 valence electrons. The molecule has 1 aromatic rings. The molecule has 1 atom stereocenters. The normalized spacial score (nSPS) is 26.6. The molecule has 1 N–H and O–H groups in total. The van der Waals surface area contributed by atoms with Gasteiger partial charge in [0.2, 0.25) is 0 Å². The zero-order chi connectivity index (χ0) is 16.6. The molecule has 4 rings (SSSR count). The SMILES string of the molecule is O=C1N[C@]2(CCOc3ccccc32)C(=O)N1CCCC1CCCC1. The van der Waals surface area contributed by atoms with Crippen LogP contribution >= 0.6 is 0 Å². The second-order valence-electron chi connectivity index (χ2n) is 7.18. The summed E-state index contributed by atoms with van der Waals surface area (Å²) in [6, 6.07) is 7.26. The van der Waals surface area contributed by atoms with Crippen LogP contribution in [0.25, 0.3) is 0 Å². The van der Waals surface area contributed by atoms with Gasteiger partial charge in [-0.15, -0.1) is 0 Å². The average molecular weight is 328 g/mol. The highest BCUT2D eigenvalue weighted by Gasteiger charge is 2.54. The highest BCUT2D eigenvalue weighted by atomic mass is 16.5. The number of fused-ring (bicyclic) bond motifs is 2. The van der Waals surface area contributed by atoms with Crippen LogP contribution in [-0.2, 0) is 10.3 Å². The van der Waals surface area contributed by atoms with Crippen molar-refractivity contribution in [1.29, 1.82) is 0 Å². The third-order valence-corrected chi connectivity index (χ3v) is 5.73. The van der Waals surface area contributed by atoms with Gasteiger partial charge in [0.25, 0.3) is 5.91 Å². The van der Waals surface area contributed by atoms with E-state index < -0.39 is 5.54 Å². The molecule has 1 aromatic carbocycles. The quantitative estimate of drug-likeness (QED) is 0.864. The van der Waals surface area contributed by atoms with Crippen molar-refractivity contribution in [3.63, 3.8) is 0 Å².